The fourth-order valence-electron chi connectivity index (χ4n) is 1.30. The maximum Gasteiger partial charge on any atom is 0.231 e. The second-order valence-corrected chi connectivity index (χ2v) is 4.14. The van der Waals surface area contributed by atoms with Crippen LogP contribution in [0.3, 0.4) is 0 Å². The molecule has 0 saturated carbocycles. The summed E-state index contributed by atoms with van der Waals surface area (Å²) in [4.78, 5) is 15.9. The van der Waals surface area contributed by atoms with E-state index in [9.17, 15) is 0 Å². The van der Waals surface area contributed by atoms with Crippen molar-refractivity contribution in [3.05, 3.63) is 5.28 Å². The predicted molar refractivity (Wildman–Crippen MR) is 70.3 cm³/mol. The van der Waals surface area contributed by atoms with Gasteiger partial charge in [-0.25, -0.2) is 0 Å². The van der Waals surface area contributed by atoms with E-state index in [-0.39, 0.29) is 11.9 Å². The number of hydrogen-bond donors (Lipinski definition) is 1. The molecule has 0 aliphatic rings. The molecule has 1 heterocycles. The lowest BCUT2D eigenvalue weighted by atomic mass is 10.5. The van der Waals surface area contributed by atoms with E-state index in [4.69, 9.17) is 21.4 Å². The van der Waals surface area contributed by atoms with Crippen molar-refractivity contribution in [2.24, 2.45) is 0 Å². The molecule has 18 heavy (non-hydrogen) atoms. The van der Waals surface area contributed by atoms with Gasteiger partial charge in [-0.05, 0) is 11.6 Å². The zero-order valence-electron chi connectivity index (χ0n) is 10.8. The molecule has 0 aromatic carbocycles. The van der Waals surface area contributed by atoms with Crippen LogP contribution in [0, 0.1) is 0 Å². The minimum atomic E-state index is 0.00428. The molecule has 0 radical (unpaired) electrons. The molecule has 0 aliphatic carbocycles. The van der Waals surface area contributed by atoms with Gasteiger partial charge in [-0.1, -0.05) is 0 Å². The first-order chi connectivity index (χ1) is 8.58. The van der Waals surface area contributed by atoms with Gasteiger partial charge in [0.2, 0.25) is 17.2 Å². The molecule has 1 N–H and O–H groups in total. The topological polar surface area (TPSA) is 74.6 Å². The maximum atomic E-state index is 9.05. The van der Waals surface area contributed by atoms with Gasteiger partial charge in [-0.3, -0.25) is 0 Å². The minimum absolute atomic E-state index is 0.00428. The molecule has 0 fully saturated rings. The summed E-state index contributed by atoms with van der Waals surface area (Å²) in [6.45, 7) is 1.51. The van der Waals surface area contributed by atoms with E-state index in [1.807, 2.05) is 14.1 Å². The zero-order valence-corrected chi connectivity index (χ0v) is 11.6. The molecular formula is C10H18ClN5O2. The van der Waals surface area contributed by atoms with Crippen LogP contribution >= 0.6 is 11.6 Å². The zero-order chi connectivity index (χ0) is 13.5. The fourth-order valence-corrected chi connectivity index (χ4v) is 1.46. The summed E-state index contributed by atoms with van der Waals surface area (Å²) < 4.78 is 5.01. The Morgan fingerprint density at radius 2 is 1.83 bits per heavy atom. The van der Waals surface area contributed by atoms with Crippen molar-refractivity contribution in [3.63, 3.8) is 0 Å². The van der Waals surface area contributed by atoms with Crippen LogP contribution in [0.1, 0.15) is 0 Å². The Kier molecular flexibility index (Phi) is 6.03. The van der Waals surface area contributed by atoms with E-state index < -0.39 is 0 Å². The molecule has 1 aromatic rings. The van der Waals surface area contributed by atoms with E-state index in [2.05, 4.69) is 15.0 Å². The molecule has 0 atom stereocenters. The lowest BCUT2D eigenvalue weighted by Gasteiger charge is -2.22. The quantitative estimate of drug-likeness (QED) is 0.753. The Balaban J connectivity index is 2.95. The molecule has 0 amide bonds. The number of aliphatic hydroxyl groups excluding tert-OH is 1. The Morgan fingerprint density at radius 3 is 2.39 bits per heavy atom. The van der Waals surface area contributed by atoms with Crippen molar-refractivity contribution in [3.8, 4) is 0 Å². The molecule has 1 aromatic heterocycles. The largest absolute Gasteiger partial charge is 0.395 e. The highest BCUT2D eigenvalue weighted by atomic mass is 35.5. The predicted octanol–water partition coefficient (Wildman–Crippen LogP) is 0.0361. The third-order valence-electron chi connectivity index (χ3n) is 2.20. The highest BCUT2D eigenvalue weighted by Crippen LogP contribution is 2.14. The summed E-state index contributed by atoms with van der Waals surface area (Å²) in [5.41, 5.74) is 0. The number of hydrogen-bond acceptors (Lipinski definition) is 7. The van der Waals surface area contributed by atoms with Gasteiger partial charge in [0, 0.05) is 34.3 Å². The first kappa shape index (κ1) is 14.9. The molecule has 1 rings (SSSR count). The van der Waals surface area contributed by atoms with E-state index in [0.29, 0.717) is 31.6 Å². The molecule has 0 spiro atoms. The SMILES string of the molecule is COCCN(CCO)c1nc(Cl)nc(N(C)C)n1. The second-order valence-electron chi connectivity index (χ2n) is 3.80. The molecule has 8 heteroatoms. The third kappa shape index (κ3) is 4.25. The van der Waals surface area contributed by atoms with Crippen LogP contribution in [0.15, 0.2) is 0 Å². The van der Waals surface area contributed by atoms with Gasteiger partial charge in [0.15, 0.2) is 0 Å². The van der Waals surface area contributed by atoms with Gasteiger partial charge >= 0.3 is 0 Å². The van der Waals surface area contributed by atoms with Crippen LogP contribution in [0.2, 0.25) is 5.28 Å². The molecule has 0 unspecified atom stereocenters. The molecule has 0 aliphatic heterocycles. The number of rotatable bonds is 7. The van der Waals surface area contributed by atoms with Crippen LogP contribution in [-0.2, 0) is 4.74 Å². The summed E-state index contributed by atoms with van der Waals surface area (Å²) in [5.74, 6) is 0.912. The normalized spacial score (nSPS) is 10.5. The standard InChI is InChI=1S/C10H18ClN5O2/c1-15(2)9-12-8(11)13-10(14-9)16(4-6-17)5-7-18-3/h17H,4-7H2,1-3H3. The highest BCUT2D eigenvalue weighted by Gasteiger charge is 2.13. The second kappa shape index (κ2) is 7.30. The van der Waals surface area contributed by atoms with Crippen molar-refractivity contribution in [2.75, 3.05) is 57.3 Å². The van der Waals surface area contributed by atoms with E-state index in [1.54, 1.807) is 16.9 Å². The Morgan fingerprint density at radius 1 is 1.17 bits per heavy atom. The van der Waals surface area contributed by atoms with Crippen LogP contribution in [0.4, 0.5) is 11.9 Å². The van der Waals surface area contributed by atoms with Crippen molar-refractivity contribution >= 4 is 23.5 Å². The van der Waals surface area contributed by atoms with Crippen molar-refractivity contribution < 1.29 is 9.84 Å². The van der Waals surface area contributed by atoms with E-state index >= 15 is 0 Å². The van der Waals surface area contributed by atoms with Gasteiger partial charge in [-0.2, -0.15) is 15.0 Å². The average Bonchev–Trinajstić information content (AvgIpc) is 2.33. The number of aromatic nitrogens is 3. The summed E-state index contributed by atoms with van der Waals surface area (Å²) in [6, 6.07) is 0. The van der Waals surface area contributed by atoms with Crippen LogP contribution in [-0.4, -0.2) is 67.6 Å². The van der Waals surface area contributed by atoms with Crippen molar-refractivity contribution in [2.45, 2.75) is 0 Å². The van der Waals surface area contributed by atoms with Gasteiger partial charge < -0.3 is 19.6 Å². The summed E-state index contributed by atoms with van der Waals surface area (Å²) in [5, 5.41) is 9.18. The van der Waals surface area contributed by atoms with Crippen LogP contribution in [0.5, 0.6) is 0 Å². The number of halogens is 1. The van der Waals surface area contributed by atoms with Crippen LogP contribution in [0.25, 0.3) is 0 Å². The Bertz CT molecular complexity index is 377. The first-order valence-electron chi connectivity index (χ1n) is 5.52. The van der Waals surface area contributed by atoms with Gasteiger partial charge in [0.25, 0.3) is 0 Å². The molecule has 102 valence electrons. The smallest absolute Gasteiger partial charge is 0.231 e. The number of aliphatic hydroxyl groups is 1. The number of methoxy groups -OCH3 is 1. The maximum absolute atomic E-state index is 9.05. The minimum Gasteiger partial charge on any atom is -0.395 e. The summed E-state index contributed by atoms with van der Waals surface area (Å²) in [7, 11) is 5.25. The lowest BCUT2D eigenvalue weighted by molar-refractivity contribution is 0.202. The van der Waals surface area contributed by atoms with Gasteiger partial charge in [0.1, 0.15) is 0 Å². The molecular weight excluding hydrogens is 258 g/mol. The van der Waals surface area contributed by atoms with E-state index in [1.165, 1.54) is 0 Å². The number of nitrogens with zero attached hydrogens (tertiary/aromatic N) is 5. The number of ether oxygens (including phenoxy) is 1. The fraction of sp³-hybridized carbons (Fsp3) is 0.700. The van der Waals surface area contributed by atoms with E-state index in [0.717, 1.165) is 0 Å². The lowest BCUT2D eigenvalue weighted by Crippen LogP contribution is -2.32. The summed E-state index contributed by atoms with van der Waals surface area (Å²) >= 11 is 5.86. The van der Waals surface area contributed by atoms with Crippen molar-refractivity contribution in [1.29, 1.82) is 0 Å². The summed E-state index contributed by atoms with van der Waals surface area (Å²) in [6.07, 6.45) is 0. The van der Waals surface area contributed by atoms with Gasteiger partial charge in [0.05, 0.1) is 13.2 Å². The Hall–Kier alpha value is -1.18. The highest BCUT2D eigenvalue weighted by molar-refractivity contribution is 6.28. The third-order valence-corrected chi connectivity index (χ3v) is 2.37. The molecule has 7 nitrogen and oxygen atoms in total. The molecule has 0 saturated heterocycles. The molecule has 0 bridgehead atoms. The average molecular weight is 276 g/mol. The monoisotopic (exact) mass is 275 g/mol. The first-order valence-corrected chi connectivity index (χ1v) is 5.90. The van der Waals surface area contributed by atoms with Crippen molar-refractivity contribution in [1.82, 2.24) is 15.0 Å². The Labute approximate surface area is 111 Å². The van der Waals surface area contributed by atoms with Crippen LogP contribution < -0.4 is 9.80 Å². The number of anilines is 2. The van der Waals surface area contributed by atoms with Gasteiger partial charge in [-0.15, -0.1) is 0 Å².